The molecule has 0 spiro atoms. The van der Waals surface area contributed by atoms with Gasteiger partial charge in [-0.2, -0.15) is 0 Å². The maximum absolute atomic E-state index is 12.6. The van der Waals surface area contributed by atoms with Crippen LogP contribution >= 0.6 is 12.4 Å². The molecular formula is C22H25ClN2O4. The average molecular weight is 417 g/mol. The first-order chi connectivity index (χ1) is 13.6. The zero-order chi connectivity index (χ0) is 19.6. The molecule has 1 saturated carbocycles. The normalized spacial score (nSPS) is 23.1. The quantitative estimate of drug-likeness (QED) is 0.743. The third-order valence-corrected chi connectivity index (χ3v) is 5.87. The Morgan fingerprint density at radius 2 is 1.86 bits per heavy atom. The summed E-state index contributed by atoms with van der Waals surface area (Å²) in [5, 5.41) is 12.6. The van der Waals surface area contributed by atoms with Crippen LogP contribution in [0.2, 0.25) is 0 Å². The number of para-hydroxylation sites is 3. The summed E-state index contributed by atoms with van der Waals surface area (Å²) in [4.78, 5) is 26.4. The van der Waals surface area contributed by atoms with Crippen LogP contribution in [0.15, 0.2) is 54.6 Å². The van der Waals surface area contributed by atoms with Gasteiger partial charge in [0.05, 0.1) is 17.6 Å². The number of hydrogen-bond donors (Lipinski definition) is 2. The standard InChI is InChI=1S/C22H24N2O4.ClH/c25-20(14-24-13-16-7-6-12-22(16,15-24)21(26)27)23-18-10-4-5-11-19(18)28-17-8-2-1-3-9-17;/h1-5,8-11,16H,6-7,12-15H2,(H,23,25)(H,26,27);1H/t16-,22+;/m0./s1. The van der Waals surface area contributed by atoms with Crippen molar-refractivity contribution in [3.05, 3.63) is 54.6 Å². The number of carbonyl (C=O) groups is 2. The Morgan fingerprint density at radius 3 is 2.59 bits per heavy atom. The number of carboxylic acid groups (broad SMARTS) is 1. The minimum Gasteiger partial charge on any atom is -0.481 e. The van der Waals surface area contributed by atoms with E-state index in [-0.39, 0.29) is 30.8 Å². The Morgan fingerprint density at radius 1 is 1.14 bits per heavy atom. The van der Waals surface area contributed by atoms with Gasteiger partial charge in [0.1, 0.15) is 5.75 Å². The molecule has 1 aliphatic carbocycles. The van der Waals surface area contributed by atoms with Crippen LogP contribution in [-0.4, -0.2) is 41.5 Å². The first-order valence-electron chi connectivity index (χ1n) is 9.64. The molecule has 0 unspecified atom stereocenters. The summed E-state index contributed by atoms with van der Waals surface area (Å²) in [6.45, 7) is 1.30. The number of rotatable bonds is 6. The Bertz CT molecular complexity index is 876. The molecule has 2 aromatic carbocycles. The maximum Gasteiger partial charge on any atom is 0.311 e. The molecule has 4 rings (SSSR count). The van der Waals surface area contributed by atoms with Gasteiger partial charge in [-0.3, -0.25) is 14.5 Å². The van der Waals surface area contributed by atoms with E-state index in [9.17, 15) is 14.7 Å². The van der Waals surface area contributed by atoms with Crippen LogP contribution in [0.1, 0.15) is 19.3 Å². The topological polar surface area (TPSA) is 78.9 Å². The molecule has 7 heteroatoms. The van der Waals surface area contributed by atoms with Crippen molar-refractivity contribution in [1.29, 1.82) is 0 Å². The lowest BCUT2D eigenvalue weighted by atomic mass is 9.81. The first-order valence-corrected chi connectivity index (χ1v) is 9.64. The van der Waals surface area contributed by atoms with Crippen molar-refractivity contribution < 1.29 is 19.4 Å². The van der Waals surface area contributed by atoms with E-state index in [2.05, 4.69) is 5.32 Å². The summed E-state index contributed by atoms with van der Waals surface area (Å²) in [6, 6.07) is 16.7. The van der Waals surface area contributed by atoms with Crippen LogP contribution < -0.4 is 10.1 Å². The molecule has 0 aromatic heterocycles. The molecule has 154 valence electrons. The number of nitrogens with zero attached hydrogens (tertiary/aromatic N) is 1. The summed E-state index contributed by atoms with van der Waals surface area (Å²) >= 11 is 0. The number of aliphatic carboxylic acids is 1. The Hall–Kier alpha value is -2.57. The lowest BCUT2D eigenvalue weighted by Gasteiger charge is -2.23. The number of carbonyl (C=O) groups excluding carboxylic acids is 1. The van der Waals surface area contributed by atoms with Crippen molar-refractivity contribution in [2.75, 3.05) is 25.0 Å². The second kappa shape index (κ2) is 8.84. The van der Waals surface area contributed by atoms with Gasteiger partial charge < -0.3 is 15.2 Å². The zero-order valence-electron chi connectivity index (χ0n) is 16.0. The Balaban J connectivity index is 0.00000240. The van der Waals surface area contributed by atoms with Crippen LogP contribution in [0.4, 0.5) is 5.69 Å². The third kappa shape index (κ3) is 4.38. The second-order valence-electron chi connectivity index (χ2n) is 7.68. The predicted octanol–water partition coefficient (Wildman–Crippen LogP) is 4.03. The molecule has 2 aromatic rings. The number of ether oxygens (including phenoxy) is 1. The van der Waals surface area contributed by atoms with E-state index in [1.807, 2.05) is 53.4 Å². The van der Waals surface area contributed by atoms with E-state index in [0.29, 0.717) is 36.7 Å². The maximum atomic E-state index is 12.6. The van der Waals surface area contributed by atoms with Gasteiger partial charge in [0.15, 0.2) is 5.75 Å². The molecule has 29 heavy (non-hydrogen) atoms. The molecule has 2 N–H and O–H groups in total. The van der Waals surface area contributed by atoms with Gasteiger partial charge in [0, 0.05) is 13.1 Å². The highest BCUT2D eigenvalue weighted by Crippen LogP contribution is 2.48. The molecule has 1 saturated heterocycles. The number of halogens is 1. The van der Waals surface area contributed by atoms with Gasteiger partial charge in [-0.15, -0.1) is 12.4 Å². The minimum absolute atomic E-state index is 0. The fraction of sp³-hybridized carbons (Fsp3) is 0.364. The van der Waals surface area contributed by atoms with E-state index in [1.54, 1.807) is 6.07 Å². The molecule has 2 aliphatic rings. The van der Waals surface area contributed by atoms with Crippen LogP contribution in [-0.2, 0) is 9.59 Å². The minimum atomic E-state index is -0.723. The van der Waals surface area contributed by atoms with Gasteiger partial charge in [-0.25, -0.2) is 0 Å². The van der Waals surface area contributed by atoms with Crippen LogP contribution in [0.3, 0.4) is 0 Å². The van der Waals surface area contributed by atoms with Gasteiger partial charge in [0.25, 0.3) is 0 Å². The van der Waals surface area contributed by atoms with E-state index in [0.717, 1.165) is 12.8 Å². The molecule has 0 bridgehead atoms. The van der Waals surface area contributed by atoms with Crippen molar-refractivity contribution >= 4 is 30.0 Å². The first kappa shape index (κ1) is 21.1. The summed E-state index contributed by atoms with van der Waals surface area (Å²) in [5.74, 6) is 0.526. The molecule has 2 fully saturated rings. The van der Waals surface area contributed by atoms with Crippen molar-refractivity contribution in [2.45, 2.75) is 19.3 Å². The second-order valence-corrected chi connectivity index (χ2v) is 7.68. The Kier molecular flexibility index (Phi) is 6.45. The highest BCUT2D eigenvalue weighted by atomic mass is 35.5. The number of amides is 1. The van der Waals surface area contributed by atoms with Crippen molar-refractivity contribution in [3.63, 3.8) is 0 Å². The van der Waals surface area contributed by atoms with Crippen molar-refractivity contribution in [3.8, 4) is 11.5 Å². The molecule has 6 nitrogen and oxygen atoms in total. The van der Waals surface area contributed by atoms with Crippen molar-refractivity contribution in [2.24, 2.45) is 11.3 Å². The van der Waals surface area contributed by atoms with Gasteiger partial charge in [-0.05, 0) is 43.0 Å². The highest BCUT2D eigenvalue weighted by molar-refractivity contribution is 5.93. The largest absolute Gasteiger partial charge is 0.481 e. The molecular weight excluding hydrogens is 392 g/mol. The smallest absolute Gasteiger partial charge is 0.311 e. The number of benzene rings is 2. The highest BCUT2D eigenvalue weighted by Gasteiger charge is 2.54. The Labute approximate surface area is 176 Å². The van der Waals surface area contributed by atoms with E-state index in [1.165, 1.54) is 0 Å². The third-order valence-electron chi connectivity index (χ3n) is 5.87. The molecule has 1 heterocycles. The SMILES string of the molecule is Cl.O=C(CN1C[C@@H]2CCC[C@@]2(C(=O)O)C1)Nc1ccccc1Oc1ccccc1. The summed E-state index contributed by atoms with van der Waals surface area (Å²) in [7, 11) is 0. The number of hydrogen-bond acceptors (Lipinski definition) is 4. The van der Waals surface area contributed by atoms with Crippen LogP contribution in [0.5, 0.6) is 11.5 Å². The fourth-order valence-corrected chi connectivity index (χ4v) is 4.53. The van der Waals surface area contributed by atoms with E-state index in [4.69, 9.17) is 4.74 Å². The van der Waals surface area contributed by atoms with Crippen LogP contribution in [0, 0.1) is 11.3 Å². The number of nitrogens with one attached hydrogen (secondary N) is 1. The molecule has 2 atom stereocenters. The summed E-state index contributed by atoms with van der Waals surface area (Å²) < 4.78 is 5.88. The predicted molar refractivity (Wildman–Crippen MR) is 113 cm³/mol. The zero-order valence-corrected chi connectivity index (χ0v) is 16.9. The lowest BCUT2D eigenvalue weighted by molar-refractivity contribution is -0.149. The summed E-state index contributed by atoms with van der Waals surface area (Å²) in [6.07, 6.45) is 2.60. The molecule has 1 amide bonds. The van der Waals surface area contributed by atoms with E-state index < -0.39 is 11.4 Å². The molecule has 0 radical (unpaired) electrons. The summed E-state index contributed by atoms with van der Waals surface area (Å²) in [5.41, 5.74) is -0.0714. The fourth-order valence-electron chi connectivity index (χ4n) is 4.53. The van der Waals surface area contributed by atoms with Crippen LogP contribution in [0.25, 0.3) is 0 Å². The number of likely N-dealkylation sites (tertiary alicyclic amines) is 1. The average Bonchev–Trinajstić information content (AvgIpc) is 3.22. The van der Waals surface area contributed by atoms with Crippen molar-refractivity contribution in [1.82, 2.24) is 4.90 Å². The van der Waals surface area contributed by atoms with Gasteiger partial charge in [-0.1, -0.05) is 36.8 Å². The number of anilines is 1. The number of fused-ring (bicyclic) bond motifs is 1. The molecule has 1 aliphatic heterocycles. The lowest BCUT2D eigenvalue weighted by Crippen LogP contribution is -2.37. The van der Waals surface area contributed by atoms with Gasteiger partial charge in [0.2, 0.25) is 5.91 Å². The monoisotopic (exact) mass is 416 g/mol. The van der Waals surface area contributed by atoms with Gasteiger partial charge >= 0.3 is 5.97 Å². The number of carboxylic acids is 1. The van der Waals surface area contributed by atoms with E-state index >= 15 is 0 Å².